The van der Waals surface area contributed by atoms with E-state index in [0.717, 1.165) is 21.6 Å². The maximum Gasteiger partial charge on any atom is 0.234 e. The third-order valence-electron chi connectivity index (χ3n) is 2.90. The van der Waals surface area contributed by atoms with Crippen LogP contribution in [0.4, 0.5) is 5.69 Å². The van der Waals surface area contributed by atoms with Crippen LogP contribution < -0.4 is 5.32 Å². The summed E-state index contributed by atoms with van der Waals surface area (Å²) in [5.41, 5.74) is 1.69. The summed E-state index contributed by atoms with van der Waals surface area (Å²) in [7, 11) is 0. The molecule has 2 aromatic carbocycles. The Labute approximate surface area is 126 Å². The lowest BCUT2D eigenvalue weighted by Crippen LogP contribution is -2.14. The fourth-order valence-electron chi connectivity index (χ4n) is 1.95. The van der Waals surface area contributed by atoms with Gasteiger partial charge in [-0.25, -0.2) is 9.97 Å². The summed E-state index contributed by atoms with van der Waals surface area (Å²) in [6, 6.07) is 17.2. The van der Waals surface area contributed by atoms with Crippen molar-refractivity contribution < 1.29 is 4.79 Å². The van der Waals surface area contributed by atoms with E-state index < -0.39 is 0 Å². The first-order chi connectivity index (χ1) is 10.3. The monoisotopic (exact) mass is 295 g/mol. The number of rotatable bonds is 4. The number of hydrogen-bond acceptors (Lipinski definition) is 4. The molecule has 3 aromatic rings. The van der Waals surface area contributed by atoms with E-state index in [1.807, 2.05) is 54.6 Å². The van der Waals surface area contributed by atoms with Crippen molar-refractivity contribution >= 4 is 34.3 Å². The lowest BCUT2D eigenvalue weighted by molar-refractivity contribution is -0.113. The van der Waals surface area contributed by atoms with Crippen LogP contribution in [0.5, 0.6) is 0 Å². The highest BCUT2D eigenvalue weighted by atomic mass is 32.2. The molecule has 0 spiro atoms. The zero-order valence-corrected chi connectivity index (χ0v) is 12.0. The highest BCUT2D eigenvalue weighted by molar-refractivity contribution is 8.00. The number of fused-ring (bicyclic) bond motifs is 1. The Balaban J connectivity index is 1.68. The molecule has 104 valence electrons. The van der Waals surface area contributed by atoms with Gasteiger partial charge in [-0.3, -0.25) is 4.79 Å². The van der Waals surface area contributed by atoms with Gasteiger partial charge in [-0.2, -0.15) is 0 Å². The largest absolute Gasteiger partial charge is 0.325 e. The Morgan fingerprint density at radius 1 is 1.00 bits per heavy atom. The summed E-state index contributed by atoms with van der Waals surface area (Å²) in [6.07, 6.45) is 1.53. The van der Waals surface area contributed by atoms with Crippen LogP contribution in [0.2, 0.25) is 0 Å². The molecule has 0 aliphatic carbocycles. The van der Waals surface area contributed by atoms with E-state index in [0.29, 0.717) is 5.75 Å². The fraction of sp³-hybridized carbons (Fsp3) is 0.0625. The van der Waals surface area contributed by atoms with Crippen molar-refractivity contribution in [3.8, 4) is 0 Å². The molecule has 0 saturated heterocycles. The molecule has 5 heteroatoms. The molecule has 0 fully saturated rings. The standard InChI is InChI=1S/C16H13N3OS/c20-15(19-12-6-2-1-3-7-12)10-21-16-13-8-4-5-9-14(13)17-11-18-16/h1-9,11H,10H2,(H,19,20). The van der Waals surface area contributed by atoms with E-state index in [9.17, 15) is 4.79 Å². The van der Waals surface area contributed by atoms with Gasteiger partial charge in [0.1, 0.15) is 11.4 Å². The van der Waals surface area contributed by atoms with Crippen LogP contribution in [-0.4, -0.2) is 21.6 Å². The van der Waals surface area contributed by atoms with Gasteiger partial charge in [0.2, 0.25) is 5.91 Å². The van der Waals surface area contributed by atoms with E-state index in [1.165, 1.54) is 18.1 Å². The van der Waals surface area contributed by atoms with E-state index in [2.05, 4.69) is 15.3 Å². The van der Waals surface area contributed by atoms with Gasteiger partial charge in [0.05, 0.1) is 11.3 Å². The summed E-state index contributed by atoms with van der Waals surface area (Å²) >= 11 is 1.41. The van der Waals surface area contributed by atoms with Crippen LogP contribution in [0.25, 0.3) is 10.9 Å². The molecule has 3 rings (SSSR count). The maximum atomic E-state index is 11.9. The van der Waals surface area contributed by atoms with Crippen LogP contribution in [0.3, 0.4) is 0 Å². The number of carbonyl (C=O) groups excluding carboxylic acids is 1. The van der Waals surface area contributed by atoms with Gasteiger partial charge in [0, 0.05) is 11.1 Å². The van der Waals surface area contributed by atoms with Crippen molar-refractivity contribution in [2.24, 2.45) is 0 Å². The first-order valence-electron chi connectivity index (χ1n) is 6.50. The topological polar surface area (TPSA) is 54.9 Å². The highest BCUT2D eigenvalue weighted by Crippen LogP contribution is 2.24. The van der Waals surface area contributed by atoms with Crippen molar-refractivity contribution in [2.75, 3.05) is 11.1 Å². The summed E-state index contributed by atoms with van der Waals surface area (Å²) in [5.74, 6) is 0.268. The molecule has 0 unspecified atom stereocenters. The Morgan fingerprint density at radius 3 is 2.62 bits per heavy atom. The number of benzene rings is 2. The Hall–Kier alpha value is -2.40. The quantitative estimate of drug-likeness (QED) is 0.592. The second kappa shape index (κ2) is 6.37. The van der Waals surface area contributed by atoms with Crippen LogP contribution in [-0.2, 0) is 4.79 Å². The normalized spacial score (nSPS) is 10.5. The Bertz CT molecular complexity index is 756. The van der Waals surface area contributed by atoms with E-state index in [1.54, 1.807) is 0 Å². The summed E-state index contributed by atoms with van der Waals surface area (Å²) in [6.45, 7) is 0. The number of nitrogens with one attached hydrogen (secondary N) is 1. The SMILES string of the molecule is O=C(CSc1ncnc2ccccc12)Nc1ccccc1. The van der Waals surface area contributed by atoms with Gasteiger partial charge < -0.3 is 5.32 Å². The molecule has 0 atom stereocenters. The van der Waals surface area contributed by atoms with Crippen molar-refractivity contribution in [2.45, 2.75) is 5.03 Å². The van der Waals surface area contributed by atoms with Crippen molar-refractivity contribution in [1.29, 1.82) is 0 Å². The lowest BCUT2D eigenvalue weighted by Gasteiger charge is -2.06. The predicted octanol–water partition coefficient (Wildman–Crippen LogP) is 3.36. The van der Waals surface area contributed by atoms with Crippen LogP contribution >= 0.6 is 11.8 Å². The number of amides is 1. The number of nitrogens with zero attached hydrogens (tertiary/aromatic N) is 2. The minimum atomic E-state index is -0.0473. The van der Waals surface area contributed by atoms with Crippen molar-refractivity contribution in [3.05, 3.63) is 60.9 Å². The zero-order chi connectivity index (χ0) is 14.5. The Morgan fingerprint density at radius 2 is 1.76 bits per heavy atom. The molecule has 1 N–H and O–H groups in total. The van der Waals surface area contributed by atoms with Gasteiger partial charge in [-0.15, -0.1) is 0 Å². The van der Waals surface area contributed by atoms with Gasteiger partial charge in [-0.05, 0) is 18.2 Å². The molecular formula is C16H13N3OS. The maximum absolute atomic E-state index is 11.9. The molecule has 21 heavy (non-hydrogen) atoms. The third kappa shape index (κ3) is 3.38. The number of anilines is 1. The second-order valence-electron chi connectivity index (χ2n) is 4.40. The lowest BCUT2D eigenvalue weighted by atomic mass is 10.2. The number of thioether (sulfide) groups is 1. The van der Waals surface area contributed by atoms with Gasteiger partial charge in [0.15, 0.2) is 0 Å². The number of para-hydroxylation sites is 2. The van der Waals surface area contributed by atoms with Crippen molar-refractivity contribution in [1.82, 2.24) is 9.97 Å². The molecule has 1 aromatic heterocycles. The van der Waals surface area contributed by atoms with Crippen LogP contribution in [0.15, 0.2) is 66.0 Å². The van der Waals surface area contributed by atoms with E-state index in [-0.39, 0.29) is 5.91 Å². The third-order valence-corrected chi connectivity index (χ3v) is 3.91. The molecule has 0 saturated carbocycles. The molecule has 4 nitrogen and oxygen atoms in total. The molecule has 0 aliphatic heterocycles. The Kier molecular flexibility index (Phi) is 4.12. The second-order valence-corrected chi connectivity index (χ2v) is 5.36. The van der Waals surface area contributed by atoms with E-state index in [4.69, 9.17) is 0 Å². The fourth-order valence-corrected chi connectivity index (χ4v) is 2.74. The van der Waals surface area contributed by atoms with Gasteiger partial charge in [0.25, 0.3) is 0 Å². The van der Waals surface area contributed by atoms with Gasteiger partial charge >= 0.3 is 0 Å². The minimum absolute atomic E-state index is 0.0473. The van der Waals surface area contributed by atoms with E-state index >= 15 is 0 Å². The molecular weight excluding hydrogens is 282 g/mol. The number of hydrogen-bond donors (Lipinski definition) is 1. The average Bonchev–Trinajstić information content (AvgIpc) is 2.54. The number of aromatic nitrogens is 2. The number of carbonyl (C=O) groups is 1. The minimum Gasteiger partial charge on any atom is -0.325 e. The first-order valence-corrected chi connectivity index (χ1v) is 7.49. The first kappa shape index (κ1) is 13.6. The van der Waals surface area contributed by atoms with Crippen LogP contribution in [0, 0.1) is 0 Å². The van der Waals surface area contributed by atoms with Crippen molar-refractivity contribution in [3.63, 3.8) is 0 Å². The molecule has 0 radical (unpaired) electrons. The smallest absolute Gasteiger partial charge is 0.234 e. The summed E-state index contributed by atoms with van der Waals surface area (Å²) in [4.78, 5) is 20.4. The molecule has 0 bridgehead atoms. The van der Waals surface area contributed by atoms with Gasteiger partial charge in [-0.1, -0.05) is 48.2 Å². The zero-order valence-electron chi connectivity index (χ0n) is 11.2. The average molecular weight is 295 g/mol. The van der Waals surface area contributed by atoms with Crippen LogP contribution in [0.1, 0.15) is 0 Å². The highest BCUT2D eigenvalue weighted by Gasteiger charge is 2.07. The predicted molar refractivity (Wildman–Crippen MR) is 85.3 cm³/mol. The molecule has 1 heterocycles. The molecule has 1 amide bonds. The molecule has 0 aliphatic rings. The summed E-state index contributed by atoms with van der Waals surface area (Å²) < 4.78 is 0. The summed E-state index contributed by atoms with van der Waals surface area (Å²) in [5, 5.41) is 4.65.